The number of amides is 1. The van der Waals surface area contributed by atoms with Gasteiger partial charge in [-0.2, -0.15) is 5.10 Å². The van der Waals surface area contributed by atoms with Gasteiger partial charge in [0, 0.05) is 28.4 Å². The molecule has 2 heterocycles. The van der Waals surface area contributed by atoms with E-state index in [0.29, 0.717) is 17.2 Å². The van der Waals surface area contributed by atoms with Crippen LogP contribution in [0.5, 0.6) is 0 Å². The van der Waals surface area contributed by atoms with Gasteiger partial charge in [0.2, 0.25) is 0 Å². The molecular weight excluding hydrogens is 368 g/mol. The van der Waals surface area contributed by atoms with Crippen LogP contribution in [0.4, 0.5) is 5.13 Å². The van der Waals surface area contributed by atoms with Crippen molar-refractivity contribution < 1.29 is 4.79 Å². The molecule has 1 N–H and O–H groups in total. The summed E-state index contributed by atoms with van der Waals surface area (Å²) in [7, 11) is 0. The summed E-state index contributed by atoms with van der Waals surface area (Å²) in [4.78, 5) is 18.3. The Morgan fingerprint density at radius 2 is 1.82 bits per heavy atom. The number of rotatable bonds is 5. The second kappa shape index (κ2) is 7.78. The minimum atomic E-state index is -0.158. The van der Waals surface area contributed by atoms with Gasteiger partial charge < -0.3 is 0 Å². The third kappa shape index (κ3) is 4.02. The van der Waals surface area contributed by atoms with Crippen LogP contribution >= 0.6 is 11.3 Å². The summed E-state index contributed by atoms with van der Waals surface area (Å²) in [5.41, 5.74) is 4.87. The van der Waals surface area contributed by atoms with Crippen LogP contribution in [0.25, 0.3) is 11.3 Å². The minimum Gasteiger partial charge on any atom is -0.298 e. The van der Waals surface area contributed by atoms with Gasteiger partial charge in [-0.3, -0.25) is 14.8 Å². The number of thiazole rings is 1. The van der Waals surface area contributed by atoms with E-state index >= 15 is 0 Å². The van der Waals surface area contributed by atoms with Crippen molar-refractivity contribution >= 4 is 22.4 Å². The predicted octanol–water partition coefficient (Wildman–Crippen LogP) is 4.92. The third-order valence-electron chi connectivity index (χ3n) is 4.46. The molecule has 0 aliphatic carbocycles. The average Bonchev–Trinajstić information content (AvgIpc) is 3.32. The Balaban J connectivity index is 1.46. The Morgan fingerprint density at radius 1 is 1.07 bits per heavy atom. The summed E-state index contributed by atoms with van der Waals surface area (Å²) in [6.07, 6.45) is 3.67. The van der Waals surface area contributed by atoms with Gasteiger partial charge in [0.25, 0.3) is 5.91 Å². The van der Waals surface area contributed by atoms with Gasteiger partial charge in [0.05, 0.1) is 12.2 Å². The fourth-order valence-corrected chi connectivity index (χ4v) is 3.77. The molecule has 4 rings (SSSR count). The molecule has 140 valence electrons. The number of anilines is 1. The lowest BCUT2D eigenvalue weighted by Crippen LogP contribution is -2.11. The zero-order valence-electron chi connectivity index (χ0n) is 15.7. The number of aromatic nitrogens is 3. The van der Waals surface area contributed by atoms with E-state index in [1.807, 2.05) is 48.1 Å². The van der Waals surface area contributed by atoms with Crippen LogP contribution in [0.15, 0.2) is 67.0 Å². The molecular formula is C22H20N4OS. The minimum absolute atomic E-state index is 0.158. The first-order valence-corrected chi connectivity index (χ1v) is 9.82. The number of hydrogen-bond acceptors (Lipinski definition) is 4. The monoisotopic (exact) mass is 388 g/mol. The number of aryl methyl sites for hydroxylation is 2. The summed E-state index contributed by atoms with van der Waals surface area (Å²) in [5, 5.41) is 7.72. The van der Waals surface area contributed by atoms with Crippen LogP contribution in [0.1, 0.15) is 26.4 Å². The topological polar surface area (TPSA) is 59.8 Å². The summed E-state index contributed by atoms with van der Waals surface area (Å²) >= 11 is 1.49. The molecule has 0 bridgehead atoms. The first kappa shape index (κ1) is 18.1. The van der Waals surface area contributed by atoms with Crippen molar-refractivity contribution in [1.82, 2.24) is 14.8 Å². The van der Waals surface area contributed by atoms with Gasteiger partial charge in [0.15, 0.2) is 5.13 Å². The van der Waals surface area contributed by atoms with E-state index in [0.717, 1.165) is 21.7 Å². The molecule has 0 saturated heterocycles. The van der Waals surface area contributed by atoms with E-state index < -0.39 is 0 Å². The van der Waals surface area contributed by atoms with Crippen molar-refractivity contribution in [3.8, 4) is 11.3 Å². The first-order valence-electron chi connectivity index (χ1n) is 9.01. The molecule has 0 spiro atoms. The van der Waals surface area contributed by atoms with Gasteiger partial charge in [-0.05, 0) is 37.6 Å². The summed E-state index contributed by atoms with van der Waals surface area (Å²) < 4.78 is 1.85. The van der Waals surface area contributed by atoms with E-state index in [4.69, 9.17) is 0 Å². The van der Waals surface area contributed by atoms with Crippen molar-refractivity contribution in [1.29, 1.82) is 0 Å². The summed E-state index contributed by atoms with van der Waals surface area (Å²) in [6, 6.07) is 17.7. The molecule has 0 saturated carbocycles. The first-order chi connectivity index (χ1) is 13.6. The summed E-state index contributed by atoms with van der Waals surface area (Å²) in [6.45, 7) is 4.76. The SMILES string of the molecule is Cc1ccc(-c2nc(NC(=O)c3ccc(Cn4cccn4)cc3)sc2C)cc1. The van der Waals surface area contributed by atoms with Gasteiger partial charge >= 0.3 is 0 Å². The molecule has 0 atom stereocenters. The molecule has 2 aromatic carbocycles. The van der Waals surface area contributed by atoms with Crippen molar-refractivity contribution in [3.63, 3.8) is 0 Å². The van der Waals surface area contributed by atoms with Gasteiger partial charge in [-0.1, -0.05) is 42.0 Å². The molecule has 1 amide bonds. The largest absolute Gasteiger partial charge is 0.298 e. The highest BCUT2D eigenvalue weighted by Crippen LogP contribution is 2.30. The van der Waals surface area contributed by atoms with E-state index in [2.05, 4.69) is 46.6 Å². The molecule has 4 aromatic rings. The standard InChI is InChI=1S/C22H20N4OS/c1-15-4-8-18(9-5-15)20-16(2)28-22(24-20)25-21(27)19-10-6-17(7-11-19)14-26-13-3-12-23-26/h3-13H,14H2,1-2H3,(H,24,25,27). The molecule has 0 radical (unpaired) electrons. The van der Waals surface area contributed by atoms with Gasteiger partial charge in [-0.15, -0.1) is 11.3 Å². The van der Waals surface area contributed by atoms with E-state index in [9.17, 15) is 4.79 Å². The second-order valence-corrected chi connectivity index (χ2v) is 7.85. The molecule has 6 heteroatoms. The average molecular weight is 388 g/mol. The lowest BCUT2D eigenvalue weighted by molar-refractivity contribution is 0.102. The Hall–Kier alpha value is -3.25. The zero-order valence-corrected chi connectivity index (χ0v) is 16.5. The van der Waals surface area contributed by atoms with E-state index in [1.165, 1.54) is 16.9 Å². The maximum atomic E-state index is 12.6. The summed E-state index contributed by atoms with van der Waals surface area (Å²) in [5.74, 6) is -0.158. The molecule has 28 heavy (non-hydrogen) atoms. The van der Waals surface area contributed by atoms with Crippen LogP contribution in [0.3, 0.4) is 0 Å². The van der Waals surface area contributed by atoms with E-state index in [1.54, 1.807) is 6.20 Å². The normalized spacial score (nSPS) is 10.8. The highest BCUT2D eigenvalue weighted by atomic mass is 32.1. The second-order valence-electron chi connectivity index (χ2n) is 6.64. The van der Waals surface area contributed by atoms with E-state index in [-0.39, 0.29) is 5.91 Å². The van der Waals surface area contributed by atoms with Gasteiger partial charge in [-0.25, -0.2) is 4.98 Å². The van der Waals surface area contributed by atoms with Crippen LogP contribution in [-0.4, -0.2) is 20.7 Å². The van der Waals surface area contributed by atoms with Crippen molar-refractivity contribution in [2.75, 3.05) is 5.32 Å². The third-order valence-corrected chi connectivity index (χ3v) is 5.35. The Labute approximate surface area is 167 Å². The van der Waals surface area contributed by atoms with Crippen LogP contribution in [0, 0.1) is 13.8 Å². The quantitative estimate of drug-likeness (QED) is 0.528. The number of carbonyl (C=O) groups excluding carboxylic acids is 1. The van der Waals surface area contributed by atoms with Crippen molar-refractivity contribution in [2.45, 2.75) is 20.4 Å². The van der Waals surface area contributed by atoms with Crippen molar-refractivity contribution in [2.24, 2.45) is 0 Å². The lowest BCUT2D eigenvalue weighted by atomic mass is 10.1. The maximum absolute atomic E-state index is 12.6. The Bertz CT molecular complexity index is 1080. The Morgan fingerprint density at radius 3 is 2.50 bits per heavy atom. The molecule has 0 unspecified atom stereocenters. The molecule has 0 fully saturated rings. The molecule has 2 aromatic heterocycles. The number of benzene rings is 2. The van der Waals surface area contributed by atoms with Crippen LogP contribution in [-0.2, 0) is 6.54 Å². The molecule has 0 aliphatic rings. The van der Waals surface area contributed by atoms with Crippen molar-refractivity contribution in [3.05, 3.63) is 88.6 Å². The number of hydrogen-bond donors (Lipinski definition) is 1. The number of carbonyl (C=O) groups is 1. The van der Waals surface area contributed by atoms with Crippen LogP contribution < -0.4 is 5.32 Å². The lowest BCUT2D eigenvalue weighted by Gasteiger charge is -2.05. The molecule has 0 aliphatic heterocycles. The zero-order chi connectivity index (χ0) is 19.5. The smallest absolute Gasteiger partial charge is 0.257 e. The fourth-order valence-electron chi connectivity index (χ4n) is 2.94. The van der Waals surface area contributed by atoms with Crippen LogP contribution in [0.2, 0.25) is 0 Å². The fraction of sp³-hybridized carbons (Fsp3) is 0.136. The number of nitrogens with one attached hydrogen (secondary N) is 1. The molecule has 5 nitrogen and oxygen atoms in total. The highest BCUT2D eigenvalue weighted by molar-refractivity contribution is 7.16. The predicted molar refractivity (Wildman–Crippen MR) is 113 cm³/mol. The Kier molecular flexibility index (Phi) is 5.04. The number of nitrogens with zero attached hydrogens (tertiary/aromatic N) is 3. The van der Waals surface area contributed by atoms with Gasteiger partial charge in [0.1, 0.15) is 0 Å². The highest BCUT2D eigenvalue weighted by Gasteiger charge is 2.13. The maximum Gasteiger partial charge on any atom is 0.257 e.